The van der Waals surface area contributed by atoms with Crippen LogP contribution in [0.25, 0.3) is 22.0 Å². The summed E-state index contributed by atoms with van der Waals surface area (Å²) in [7, 11) is 0. The normalized spacial score (nSPS) is 11.8. The molecule has 3 rings (SSSR count). The molecule has 0 bridgehead atoms. The summed E-state index contributed by atoms with van der Waals surface area (Å²) in [6.07, 6.45) is 4.70. The monoisotopic (exact) mass is 283 g/mol. The van der Waals surface area contributed by atoms with E-state index in [4.69, 9.17) is 9.15 Å². The first-order valence-corrected chi connectivity index (χ1v) is 6.82. The highest BCUT2D eigenvalue weighted by Gasteiger charge is 2.19. The minimum Gasteiger partial charge on any atom is -0.472 e. The molecule has 0 aliphatic carbocycles. The van der Waals surface area contributed by atoms with Gasteiger partial charge < -0.3 is 9.15 Å². The molecule has 0 unspecified atom stereocenters. The van der Waals surface area contributed by atoms with Gasteiger partial charge in [-0.1, -0.05) is 12.1 Å². The van der Waals surface area contributed by atoms with Gasteiger partial charge in [-0.05, 0) is 44.5 Å². The van der Waals surface area contributed by atoms with Gasteiger partial charge in [0.25, 0.3) is 0 Å². The number of rotatable bonds is 1. The molecule has 0 atom stereocenters. The quantitative estimate of drug-likeness (QED) is 0.651. The number of carbonyl (C=O) groups is 1. The van der Waals surface area contributed by atoms with Gasteiger partial charge >= 0.3 is 6.09 Å². The van der Waals surface area contributed by atoms with E-state index in [0.717, 1.165) is 22.0 Å². The summed E-state index contributed by atoms with van der Waals surface area (Å²) in [6, 6.07) is 9.65. The molecule has 4 nitrogen and oxygen atoms in total. The van der Waals surface area contributed by atoms with Crippen molar-refractivity contribution in [3.63, 3.8) is 0 Å². The van der Waals surface area contributed by atoms with Gasteiger partial charge in [0.15, 0.2) is 0 Å². The van der Waals surface area contributed by atoms with Crippen LogP contribution in [0.5, 0.6) is 0 Å². The maximum Gasteiger partial charge on any atom is 0.418 e. The molecule has 0 spiro atoms. The Morgan fingerprint density at radius 3 is 2.67 bits per heavy atom. The smallest absolute Gasteiger partial charge is 0.418 e. The van der Waals surface area contributed by atoms with Crippen molar-refractivity contribution >= 4 is 17.0 Å². The van der Waals surface area contributed by atoms with E-state index in [1.54, 1.807) is 18.7 Å². The lowest BCUT2D eigenvalue weighted by Crippen LogP contribution is -2.26. The lowest BCUT2D eigenvalue weighted by molar-refractivity contribution is 0.0544. The van der Waals surface area contributed by atoms with Crippen molar-refractivity contribution in [2.75, 3.05) is 0 Å². The van der Waals surface area contributed by atoms with E-state index in [9.17, 15) is 4.79 Å². The van der Waals surface area contributed by atoms with Crippen molar-refractivity contribution in [1.82, 2.24) is 4.57 Å². The fraction of sp³-hybridized carbons (Fsp3) is 0.235. The van der Waals surface area contributed by atoms with Gasteiger partial charge in [-0.15, -0.1) is 0 Å². The molecule has 108 valence electrons. The second kappa shape index (κ2) is 4.81. The number of fused-ring (bicyclic) bond motifs is 1. The lowest BCUT2D eigenvalue weighted by atomic mass is 10.1. The first kappa shape index (κ1) is 13.5. The third kappa shape index (κ3) is 2.57. The van der Waals surface area contributed by atoms with Crippen molar-refractivity contribution < 1.29 is 13.9 Å². The Balaban J connectivity index is 2.08. The van der Waals surface area contributed by atoms with Crippen molar-refractivity contribution in [2.45, 2.75) is 26.4 Å². The molecular weight excluding hydrogens is 266 g/mol. The Bertz CT molecular complexity index is 776. The minimum absolute atomic E-state index is 0.373. The molecule has 0 aliphatic rings. The predicted molar refractivity (Wildman–Crippen MR) is 81.3 cm³/mol. The van der Waals surface area contributed by atoms with Crippen molar-refractivity contribution in [2.24, 2.45) is 0 Å². The highest BCUT2D eigenvalue weighted by molar-refractivity contribution is 5.99. The van der Waals surface area contributed by atoms with Gasteiger partial charge in [0.05, 0.1) is 18.0 Å². The Kier molecular flexibility index (Phi) is 3.09. The van der Waals surface area contributed by atoms with Crippen LogP contribution in [-0.2, 0) is 4.74 Å². The largest absolute Gasteiger partial charge is 0.472 e. The number of hydrogen-bond acceptors (Lipinski definition) is 3. The first-order chi connectivity index (χ1) is 9.96. The molecule has 0 fully saturated rings. The second-order valence-electron chi connectivity index (χ2n) is 5.92. The maximum absolute atomic E-state index is 12.3. The number of nitrogens with zero attached hydrogens (tertiary/aromatic N) is 1. The minimum atomic E-state index is -0.518. The molecule has 0 radical (unpaired) electrons. The highest BCUT2D eigenvalue weighted by atomic mass is 16.6. The van der Waals surface area contributed by atoms with Crippen molar-refractivity contribution in [3.8, 4) is 11.1 Å². The number of hydrogen-bond donors (Lipinski definition) is 0. The zero-order valence-corrected chi connectivity index (χ0v) is 12.3. The molecule has 3 aromatic rings. The molecule has 2 aromatic heterocycles. The molecular formula is C17H17NO3. The molecule has 21 heavy (non-hydrogen) atoms. The van der Waals surface area contributed by atoms with E-state index in [2.05, 4.69) is 0 Å². The van der Waals surface area contributed by atoms with E-state index >= 15 is 0 Å². The summed E-state index contributed by atoms with van der Waals surface area (Å²) in [5.41, 5.74) is 2.32. The van der Waals surface area contributed by atoms with Gasteiger partial charge in [0, 0.05) is 17.1 Å². The number of carbonyl (C=O) groups excluding carboxylic acids is 1. The van der Waals surface area contributed by atoms with Gasteiger partial charge in [0.2, 0.25) is 0 Å². The van der Waals surface area contributed by atoms with Gasteiger partial charge in [-0.2, -0.15) is 0 Å². The SMILES string of the molecule is CC(C)(C)OC(=O)n1ccc2c(-c3ccoc3)cccc21. The van der Waals surface area contributed by atoms with E-state index < -0.39 is 5.60 Å². The van der Waals surface area contributed by atoms with Crippen LogP contribution >= 0.6 is 0 Å². The Hall–Kier alpha value is -2.49. The van der Waals surface area contributed by atoms with Crippen LogP contribution in [0.1, 0.15) is 20.8 Å². The molecule has 0 aliphatic heterocycles. The number of benzene rings is 1. The van der Waals surface area contributed by atoms with Gasteiger partial charge in [0.1, 0.15) is 5.60 Å². The highest BCUT2D eigenvalue weighted by Crippen LogP contribution is 2.30. The fourth-order valence-corrected chi connectivity index (χ4v) is 2.31. The molecule has 2 heterocycles. The van der Waals surface area contributed by atoms with E-state index in [1.807, 2.05) is 51.1 Å². The topological polar surface area (TPSA) is 44.4 Å². The number of ether oxygens (including phenoxy) is 1. The third-order valence-electron chi connectivity index (χ3n) is 3.16. The third-order valence-corrected chi connectivity index (χ3v) is 3.16. The Morgan fingerprint density at radius 1 is 1.19 bits per heavy atom. The first-order valence-electron chi connectivity index (χ1n) is 6.82. The van der Waals surface area contributed by atoms with Crippen LogP contribution in [0.15, 0.2) is 53.5 Å². The molecule has 0 N–H and O–H groups in total. The summed E-state index contributed by atoms with van der Waals surface area (Å²) in [5.74, 6) is 0. The second-order valence-corrected chi connectivity index (χ2v) is 5.92. The van der Waals surface area contributed by atoms with Crippen molar-refractivity contribution in [1.29, 1.82) is 0 Å². The molecule has 4 heteroatoms. The van der Waals surface area contributed by atoms with Crippen LogP contribution in [0, 0.1) is 0 Å². The summed E-state index contributed by atoms with van der Waals surface area (Å²) in [4.78, 5) is 12.3. The van der Waals surface area contributed by atoms with Crippen LogP contribution in [0.3, 0.4) is 0 Å². The fourth-order valence-electron chi connectivity index (χ4n) is 2.31. The summed E-state index contributed by atoms with van der Waals surface area (Å²) in [5, 5.41) is 0.991. The molecule has 0 saturated carbocycles. The number of aromatic nitrogens is 1. The summed E-state index contributed by atoms with van der Waals surface area (Å²) < 4.78 is 12.1. The molecule has 0 amide bonds. The summed E-state index contributed by atoms with van der Waals surface area (Å²) >= 11 is 0. The van der Waals surface area contributed by atoms with E-state index in [-0.39, 0.29) is 6.09 Å². The maximum atomic E-state index is 12.3. The zero-order chi connectivity index (χ0) is 15.0. The van der Waals surface area contributed by atoms with Crippen LogP contribution in [0.2, 0.25) is 0 Å². The van der Waals surface area contributed by atoms with E-state index in [0.29, 0.717) is 0 Å². The van der Waals surface area contributed by atoms with Crippen LogP contribution < -0.4 is 0 Å². The van der Waals surface area contributed by atoms with Crippen LogP contribution in [-0.4, -0.2) is 16.3 Å². The molecule has 0 saturated heterocycles. The summed E-state index contributed by atoms with van der Waals surface area (Å²) in [6.45, 7) is 5.56. The Morgan fingerprint density at radius 2 is 2.00 bits per heavy atom. The van der Waals surface area contributed by atoms with Gasteiger partial charge in [-0.3, -0.25) is 4.57 Å². The van der Waals surface area contributed by atoms with E-state index in [1.165, 1.54) is 4.57 Å². The van der Waals surface area contributed by atoms with Crippen molar-refractivity contribution in [3.05, 3.63) is 49.1 Å². The lowest BCUT2D eigenvalue weighted by Gasteiger charge is -2.19. The predicted octanol–water partition coefficient (Wildman–Crippen LogP) is 4.68. The molecule has 1 aromatic carbocycles. The van der Waals surface area contributed by atoms with Crippen LogP contribution in [0.4, 0.5) is 4.79 Å². The zero-order valence-electron chi connectivity index (χ0n) is 12.3. The Labute approximate surface area is 122 Å². The standard InChI is InChI=1S/C17H17NO3/c1-17(2,3)21-16(19)18-9-7-14-13(5-4-6-15(14)18)12-8-10-20-11-12/h4-11H,1-3H3. The average Bonchev–Trinajstić information content (AvgIpc) is 3.05. The number of furan rings is 1. The van der Waals surface area contributed by atoms with Gasteiger partial charge in [-0.25, -0.2) is 4.79 Å². The average molecular weight is 283 g/mol.